The molecule has 0 aromatic rings. The van der Waals surface area contributed by atoms with Gasteiger partial charge in [0.1, 0.15) is 0 Å². The highest BCUT2D eigenvalue weighted by Crippen LogP contribution is 2.19. The van der Waals surface area contributed by atoms with Crippen molar-refractivity contribution in [2.75, 3.05) is 0 Å². The van der Waals surface area contributed by atoms with Crippen LogP contribution >= 0.6 is 0 Å². The van der Waals surface area contributed by atoms with Gasteiger partial charge in [-0.2, -0.15) is 0 Å². The summed E-state index contributed by atoms with van der Waals surface area (Å²) in [6.07, 6.45) is 13.9. The zero-order chi connectivity index (χ0) is 19.8. The minimum absolute atomic E-state index is 0.791. The van der Waals surface area contributed by atoms with Crippen molar-refractivity contribution in [2.45, 2.75) is 121 Å². The Hall–Kier alpha value is -0.590. The molecule has 0 spiro atoms. The fourth-order valence-corrected chi connectivity index (χ4v) is 2.18. The van der Waals surface area contributed by atoms with Crippen LogP contribution in [0.15, 0.2) is 11.6 Å². The summed E-state index contributed by atoms with van der Waals surface area (Å²) in [4.78, 5) is 0. The van der Waals surface area contributed by atoms with Crippen LogP contribution < -0.4 is 0 Å². The van der Waals surface area contributed by atoms with Gasteiger partial charge in [0.2, 0.25) is 0 Å². The van der Waals surface area contributed by atoms with Gasteiger partial charge in [-0.15, -0.1) is 0 Å². The Morgan fingerprint density at radius 1 is 0.917 bits per heavy atom. The standard InChI is InChI=1S/C12H26.C7H13N.2C2H6/c1-5-8-12(6-2)10-7-9-11(3)4;1-3-7(2)5-4-6-8;2*1-2/h11-12H,5-10H2,1-4H3;5-6,8H,3-4H2,1-2H3;2*1-2H3/b;7-5+,8-6?;;. The largest absolute Gasteiger partial charge is 0.313 e. The molecule has 148 valence electrons. The number of hydrogen-bond donors (Lipinski definition) is 1. The van der Waals surface area contributed by atoms with Crippen LogP contribution in [0.1, 0.15) is 121 Å². The van der Waals surface area contributed by atoms with E-state index >= 15 is 0 Å². The molecule has 0 amide bonds. The third-order valence-electron chi connectivity index (χ3n) is 3.81. The lowest BCUT2D eigenvalue weighted by Crippen LogP contribution is -1.99. The normalized spacial score (nSPS) is 11.2. The Bertz CT molecular complexity index is 228. The van der Waals surface area contributed by atoms with Crippen molar-refractivity contribution in [3.05, 3.63) is 11.6 Å². The van der Waals surface area contributed by atoms with E-state index in [1.807, 2.05) is 27.7 Å². The zero-order valence-corrected chi connectivity index (χ0v) is 19.0. The van der Waals surface area contributed by atoms with Crippen molar-refractivity contribution in [3.63, 3.8) is 0 Å². The smallest absolute Gasteiger partial charge is 0.000239 e. The SMILES string of the molecule is CC.CC.CC/C(C)=C/CC=N.CCCC(CC)CCCC(C)C. The average Bonchev–Trinajstić information content (AvgIpc) is 2.62. The molecule has 0 saturated heterocycles. The Kier molecular flexibility index (Phi) is 39.4. The molecule has 0 fully saturated rings. The van der Waals surface area contributed by atoms with Crippen LogP contribution in [0.2, 0.25) is 0 Å². The Labute approximate surface area is 156 Å². The molecule has 0 rings (SSSR count). The molecule has 0 aromatic heterocycles. The van der Waals surface area contributed by atoms with Gasteiger partial charge in [-0.3, -0.25) is 0 Å². The highest BCUT2D eigenvalue weighted by molar-refractivity contribution is 5.55. The lowest BCUT2D eigenvalue weighted by atomic mass is 9.93. The molecule has 1 heteroatoms. The maximum atomic E-state index is 6.70. The van der Waals surface area contributed by atoms with E-state index in [4.69, 9.17) is 5.41 Å². The number of hydrogen-bond acceptors (Lipinski definition) is 1. The van der Waals surface area contributed by atoms with Gasteiger partial charge in [-0.05, 0) is 31.4 Å². The maximum Gasteiger partial charge on any atom is 0.000239 e. The van der Waals surface area contributed by atoms with E-state index in [-0.39, 0.29) is 0 Å². The fourth-order valence-electron chi connectivity index (χ4n) is 2.18. The molecule has 1 N–H and O–H groups in total. The number of allylic oxidation sites excluding steroid dienone is 2. The minimum atomic E-state index is 0.791. The summed E-state index contributed by atoms with van der Waals surface area (Å²) in [5, 5.41) is 6.70. The second-order valence-electron chi connectivity index (χ2n) is 6.23. The number of nitrogens with one attached hydrogen (secondary N) is 1. The first-order chi connectivity index (χ1) is 11.5. The third kappa shape index (κ3) is 33.1. The molecule has 1 nitrogen and oxygen atoms in total. The molecule has 0 radical (unpaired) electrons. The highest BCUT2D eigenvalue weighted by Gasteiger charge is 2.04. The quantitative estimate of drug-likeness (QED) is 0.302. The van der Waals surface area contributed by atoms with Crippen LogP contribution in [0.4, 0.5) is 0 Å². The van der Waals surface area contributed by atoms with Gasteiger partial charge in [0.05, 0.1) is 0 Å². The van der Waals surface area contributed by atoms with E-state index < -0.39 is 0 Å². The van der Waals surface area contributed by atoms with Gasteiger partial charge >= 0.3 is 0 Å². The zero-order valence-electron chi connectivity index (χ0n) is 19.0. The van der Waals surface area contributed by atoms with Gasteiger partial charge < -0.3 is 5.41 Å². The lowest BCUT2D eigenvalue weighted by molar-refractivity contribution is 0.396. The molecule has 24 heavy (non-hydrogen) atoms. The van der Waals surface area contributed by atoms with Crippen LogP contribution in [0.5, 0.6) is 0 Å². The summed E-state index contributed by atoms with van der Waals surface area (Å²) in [7, 11) is 0. The van der Waals surface area contributed by atoms with Crippen molar-refractivity contribution in [1.29, 1.82) is 5.41 Å². The molecule has 0 heterocycles. The van der Waals surface area contributed by atoms with Gasteiger partial charge in [-0.25, -0.2) is 0 Å². The molecule has 0 aliphatic heterocycles. The van der Waals surface area contributed by atoms with Crippen LogP contribution in [-0.2, 0) is 0 Å². The van der Waals surface area contributed by atoms with Crippen LogP contribution in [-0.4, -0.2) is 6.21 Å². The van der Waals surface area contributed by atoms with Gasteiger partial charge in [0, 0.05) is 6.42 Å². The second-order valence-corrected chi connectivity index (χ2v) is 6.23. The second kappa shape index (κ2) is 30.3. The Morgan fingerprint density at radius 2 is 1.46 bits per heavy atom. The summed E-state index contributed by atoms with van der Waals surface area (Å²) in [5.41, 5.74) is 1.37. The molecule has 0 saturated carbocycles. The minimum Gasteiger partial charge on any atom is -0.313 e. The molecular weight excluding hydrogens is 290 g/mol. The summed E-state index contributed by atoms with van der Waals surface area (Å²) in [6.45, 7) is 21.5. The summed E-state index contributed by atoms with van der Waals surface area (Å²) in [5.74, 6) is 1.90. The predicted molar refractivity (Wildman–Crippen MR) is 118 cm³/mol. The van der Waals surface area contributed by atoms with Crippen LogP contribution in [0, 0.1) is 17.2 Å². The van der Waals surface area contributed by atoms with Crippen molar-refractivity contribution in [3.8, 4) is 0 Å². The monoisotopic (exact) mass is 341 g/mol. The Morgan fingerprint density at radius 3 is 1.79 bits per heavy atom. The van der Waals surface area contributed by atoms with Crippen molar-refractivity contribution in [2.24, 2.45) is 11.8 Å². The average molecular weight is 342 g/mol. The highest BCUT2D eigenvalue weighted by atomic mass is 14.3. The summed E-state index contributed by atoms with van der Waals surface area (Å²) >= 11 is 0. The van der Waals surface area contributed by atoms with E-state index in [2.05, 4.69) is 47.6 Å². The van der Waals surface area contributed by atoms with E-state index in [1.165, 1.54) is 50.3 Å². The molecule has 0 bridgehead atoms. The fraction of sp³-hybridized carbons (Fsp3) is 0.870. The van der Waals surface area contributed by atoms with Crippen LogP contribution in [0.25, 0.3) is 0 Å². The van der Waals surface area contributed by atoms with E-state index in [9.17, 15) is 0 Å². The topological polar surface area (TPSA) is 23.9 Å². The van der Waals surface area contributed by atoms with E-state index in [0.717, 1.165) is 24.7 Å². The lowest BCUT2D eigenvalue weighted by Gasteiger charge is -2.13. The van der Waals surface area contributed by atoms with Crippen molar-refractivity contribution >= 4 is 6.21 Å². The first kappa shape index (κ1) is 31.2. The van der Waals surface area contributed by atoms with E-state index in [0.29, 0.717) is 0 Å². The molecule has 0 aliphatic rings. The van der Waals surface area contributed by atoms with E-state index in [1.54, 1.807) is 0 Å². The molecule has 1 atom stereocenters. The van der Waals surface area contributed by atoms with Gasteiger partial charge in [0.25, 0.3) is 0 Å². The molecule has 0 aliphatic carbocycles. The molecule has 0 aromatic carbocycles. The third-order valence-corrected chi connectivity index (χ3v) is 3.81. The molecule has 1 unspecified atom stereocenters. The number of rotatable bonds is 10. The first-order valence-electron chi connectivity index (χ1n) is 10.7. The van der Waals surface area contributed by atoms with Crippen molar-refractivity contribution in [1.82, 2.24) is 0 Å². The Balaban J connectivity index is -0.000000145. The summed E-state index contributed by atoms with van der Waals surface area (Å²) in [6, 6.07) is 0. The summed E-state index contributed by atoms with van der Waals surface area (Å²) < 4.78 is 0. The van der Waals surface area contributed by atoms with Crippen LogP contribution in [0.3, 0.4) is 0 Å². The first-order valence-corrected chi connectivity index (χ1v) is 10.7. The molecular formula is C23H51N. The maximum absolute atomic E-state index is 6.70. The van der Waals surface area contributed by atoms with Gasteiger partial charge in [0.15, 0.2) is 0 Å². The van der Waals surface area contributed by atoms with Crippen molar-refractivity contribution < 1.29 is 0 Å². The predicted octanol–water partition coefficient (Wildman–Crippen LogP) is 9.07. The van der Waals surface area contributed by atoms with Gasteiger partial charge in [-0.1, -0.05) is 112 Å².